The summed E-state index contributed by atoms with van der Waals surface area (Å²) in [4.78, 5) is 26.0. The normalized spacial score (nSPS) is 13.6. The second kappa shape index (κ2) is 45.4. The van der Waals surface area contributed by atoms with Crippen molar-refractivity contribution in [1.82, 2.24) is 0 Å². The van der Waals surface area contributed by atoms with Gasteiger partial charge in [-0.15, -0.1) is 0 Å². The van der Waals surface area contributed by atoms with Crippen LogP contribution >= 0.6 is 0 Å². The van der Waals surface area contributed by atoms with Crippen molar-refractivity contribution < 1.29 is 4.74 Å². The van der Waals surface area contributed by atoms with E-state index in [4.69, 9.17) is 70.3 Å². The summed E-state index contributed by atoms with van der Waals surface area (Å²) in [6, 6.07) is 129. The Balaban J connectivity index is 0.000000118. The summed E-state index contributed by atoms with van der Waals surface area (Å²) >= 11 is 0. The number of ether oxygens (including phenoxy) is 1. The van der Waals surface area contributed by atoms with Crippen molar-refractivity contribution in [2.45, 2.75) is 97.6 Å². The Labute approximate surface area is 827 Å². The first-order chi connectivity index (χ1) is 69.0. The average molecular weight is 1850 g/mol. The summed E-state index contributed by atoms with van der Waals surface area (Å²) in [6.45, 7) is 8.75. The van der Waals surface area contributed by atoms with Gasteiger partial charge >= 0.3 is 0 Å². The maximum atomic E-state index is 7.85. The summed E-state index contributed by atoms with van der Waals surface area (Å²) in [5, 5.41) is 25.7. The molecule has 0 amide bonds. The van der Waals surface area contributed by atoms with E-state index >= 15 is 0 Å². The fraction of sp³-hybridized carbons (Fsp3) is 0.131. The van der Waals surface area contributed by atoms with E-state index in [0.29, 0.717) is 30.3 Å². The third kappa shape index (κ3) is 22.6. The van der Waals surface area contributed by atoms with Gasteiger partial charge in [0.2, 0.25) is 17.9 Å². The van der Waals surface area contributed by atoms with Crippen LogP contribution in [0.3, 0.4) is 0 Å². The number of anilines is 10. The van der Waals surface area contributed by atoms with Crippen molar-refractivity contribution in [2.24, 2.45) is 49.4 Å². The minimum absolute atomic E-state index is 0.0265. The Hall–Kier alpha value is -17.6. The molecule has 15 N–H and O–H groups in total. The van der Waals surface area contributed by atoms with E-state index in [1.54, 1.807) is 4.90 Å². The molecular weight excluding hydrogens is 1730 g/mol. The maximum Gasteiger partial charge on any atom is 0.205 e. The molecule has 0 aromatic heterocycles. The number of aryl methyl sites for hydroxylation is 6. The van der Waals surface area contributed by atoms with E-state index in [1.165, 1.54) is 50.1 Å². The Kier molecular flexibility index (Phi) is 30.6. The van der Waals surface area contributed by atoms with Crippen molar-refractivity contribution in [2.75, 3.05) is 36.0 Å². The van der Waals surface area contributed by atoms with Crippen LogP contribution in [0.2, 0.25) is 0 Å². The largest absolute Gasteiger partial charge is 0.494 e. The first-order valence-electron chi connectivity index (χ1n) is 48.2. The molecule has 1 unspecified atom stereocenters. The fourth-order valence-corrected chi connectivity index (χ4v) is 18.5. The third-order valence-electron chi connectivity index (χ3n) is 26.0. The van der Waals surface area contributed by atoms with Gasteiger partial charge in [-0.05, 0) is 249 Å². The molecule has 6 heterocycles. The van der Waals surface area contributed by atoms with Gasteiger partial charge in [0, 0.05) is 16.8 Å². The maximum absolute atomic E-state index is 7.85. The van der Waals surface area contributed by atoms with Gasteiger partial charge in [0.25, 0.3) is 0 Å². The molecular formula is C122H118N18O. The zero-order chi connectivity index (χ0) is 97.5. The summed E-state index contributed by atoms with van der Waals surface area (Å²) < 4.78 is 5.73. The predicted molar refractivity (Wildman–Crippen MR) is 593 cm³/mol. The highest BCUT2D eigenvalue weighted by molar-refractivity contribution is 6.11. The molecule has 22 rings (SSSR count). The standard InChI is InChI=1S/C26H29N3.C25H25N3O.C25H19N3.C16H17N3.C15H15N3.C15H13N3/c1-3-19(2)20-14-16-24(17-15-20)28-26(27)29-18-23-10-5-4-8-21(23)12-13-22-9-6-7-11-25(22)29;1-2-3-18-29-22-16-14-21(15-17-22)27-25(26)28-23-10-6-4-8-19(23)12-13-20-9-5-7-11-24(20)28;26-25(27-22-13-7-11-18-8-1-4-12-21(18)22)28-23-14-5-2-9-19(23)16-17-20-10-3-6-15-24(20)28;17-16(18)19-11-14-7-2-1-5-12(14)9-10-13-6-3-4-8-15(13)19;2*16-15(17)18-13-7-3-1-5-11(13)9-10-12-6-2-4-8-14(12)18/h4-11,14-17,19H,3,12-13,18H2,1-2H3,(H2,27,28);4-17H,2-3,18H2,1H3,(H2,26,27);1-17H,(H2,26,27);1-8H,9-11H2,(H3,17,18);1-8H,9-10H2,(H3,16,17);1-10H,(H3,16,17). The van der Waals surface area contributed by atoms with Crippen LogP contribution in [0.5, 0.6) is 5.75 Å². The van der Waals surface area contributed by atoms with E-state index in [9.17, 15) is 0 Å². The van der Waals surface area contributed by atoms with Gasteiger partial charge < -0.3 is 48.9 Å². The molecule has 19 nitrogen and oxygen atoms in total. The molecule has 141 heavy (non-hydrogen) atoms. The number of nitrogens with zero attached hydrogens (tertiary/aromatic N) is 9. The Morgan fingerprint density at radius 1 is 0.291 bits per heavy atom. The summed E-state index contributed by atoms with van der Waals surface area (Å²) in [7, 11) is 0. The van der Waals surface area contributed by atoms with Gasteiger partial charge in [-0.25, -0.2) is 15.0 Å². The molecule has 6 aliphatic heterocycles. The summed E-state index contributed by atoms with van der Waals surface area (Å²) in [5.74, 6) is 3.01. The van der Waals surface area contributed by atoms with Gasteiger partial charge in [0.15, 0.2) is 17.9 Å². The van der Waals surface area contributed by atoms with Crippen molar-refractivity contribution in [3.8, 4) is 5.75 Å². The topological polar surface area (TPSA) is 293 Å². The number of aliphatic imine (C=N–C) groups is 3. The number of unbranched alkanes of at least 4 members (excludes halogenated alkanes) is 1. The van der Waals surface area contributed by atoms with Crippen molar-refractivity contribution >= 4 is 157 Å². The number of rotatable bonds is 9. The SMILES string of the molecule is CCC(C)c1ccc(N=C(N)N2Cc3ccccc3CCc3ccccc32)cc1.CCCCOc1ccc(N=C(N)N2c3ccccc3C=Cc3ccccc32)cc1.N=C(N)N1Cc2ccccc2CCc2ccccc21.N=C(N)N1c2ccccc2C=Cc2ccccc21.N=C(N)N1c2ccccc2CCc2ccccc21.NC(=Nc1cccc2ccccc12)N1c2ccccc2C=Cc2ccccc21. The highest BCUT2D eigenvalue weighted by Gasteiger charge is 2.28. The van der Waals surface area contributed by atoms with E-state index in [-0.39, 0.29) is 17.9 Å². The molecule has 6 aliphatic rings. The van der Waals surface area contributed by atoms with Crippen LogP contribution in [0.1, 0.15) is 129 Å². The highest BCUT2D eigenvalue weighted by Crippen LogP contribution is 2.43. The molecule has 19 heteroatoms. The van der Waals surface area contributed by atoms with Crippen LogP contribution in [-0.2, 0) is 51.6 Å². The number of nitrogens with two attached hydrogens (primary N) is 6. The molecule has 0 radical (unpaired) electrons. The van der Waals surface area contributed by atoms with E-state index in [1.807, 2.05) is 226 Å². The average Bonchev–Trinajstić information content (AvgIpc) is 1.79. The highest BCUT2D eigenvalue weighted by atomic mass is 16.5. The zero-order valence-corrected chi connectivity index (χ0v) is 79.8. The minimum atomic E-state index is 0.0265. The lowest BCUT2D eigenvalue weighted by Crippen LogP contribution is -2.38. The van der Waals surface area contributed by atoms with Crippen LogP contribution < -0.4 is 68.5 Å². The second-order valence-electron chi connectivity index (χ2n) is 35.1. The van der Waals surface area contributed by atoms with Crippen molar-refractivity contribution in [3.05, 3.63) is 466 Å². The molecule has 16 aromatic carbocycles. The van der Waals surface area contributed by atoms with E-state index in [0.717, 1.165) is 195 Å². The lowest BCUT2D eigenvalue weighted by atomic mass is 9.95. The van der Waals surface area contributed by atoms with Gasteiger partial charge in [0.05, 0.1) is 82.3 Å². The summed E-state index contributed by atoms with van der Waals surface area (Å²) in [6.07, 6.45) is 21.9. The van der Waals surface area contributed by atoms with Gasteiger partial charge in [-0.3, -0.25) is 35.8 Å². The Bertz CT molecular complexity index is 7150. The molecule has 0 bridgehead atoms. The van der Waals surface area contributed by atoms with Crippen molar-refractivity contribution in [1.29, 1.82) is 16.2 Å². The Morgan fingerprint density at radius 2 is 0.596 bits per heavy atom. The number of para-hydroxylation sites is 10. The van der Waals surface area contributed by atoms with E-state index in [2.05, 4.69) is 238 Å². The van der Waals surface area contributed by atoms with Gasteiger partial charge in [-0.1, -0.05) is 343 Å². The molecule has 0 aliphatic carbocycles. The molecule has 702 valence electrons. The fourth-order valence-electron chi connectivity index (χ4n) is 18.5. The number of hydrogen-bond donors (Lipinski definition) is 9. The lowest BCUT2D eigenvalue weighted by Gasteiger charge is -2.29. The Morgan fingerprint density at radius 3 is 1.00 bits per heavy atom. The number of guanidine groups is 6. The number of nitrogens with one attached hydrogen (secondary N) is 3. The zero-order valence-electron chi connectivity index (χ0n) is 79.8. The van der Waals surface area contributed by atoms with Crippen LogP contribution in [0.25, 0.3) is 47.2 Å². The molecule has 0 spiro atoms. The quantitative estimate of drug-likeness (QED) is 0.0369. The predicted octanol–water partition coefficient (Wildman–Crippen LogP) is 26.9. The number of hydrogen-bond acceptors (Lipinski definition) is 7. The van der Waals surface area contributed by atoms with Crippen LogP contribution in [-0.4, -0.2) is 42.4 Å². The minimum Gasteiger partial charge on any atom is -0.494 e. The first-order valence-corrected chi connectivity index (χ1v) is 48.2. The number of fused-ring (bicyclic) bond motifs is 13. The smallest absolute Gasteiger partial charge is 0.205 e. The van der Waals surface area contributed by atoms with Gasteiger partial charge in [-0.2, -0.15) is 0 Å². The second-order valence-corrected chi connectivity index (χ2v) is 35.1. The van der Waals surface area contributed by atoms with Crippen LogP contribution in [0, 0.1) is 16.2 Å². The van der Waals surface area contributed by atoms with Gasteiger partial charge in [0.1, 0.15) is 5.75 Å². The van der Waals surface area contributed by atoms with Crippen molar-refractivity contribution in [3.63, 3.8) is 0 Å². The molecule has 0 saturated carbocycles. The monoisotopic (exact) mass is 1850 g/mol. The van der Waals surface area contributed by atoms with Crippen LogP contribution in [0.15, 0.2) is 397 Å². The van der Waals surface area contributed by atoms with Crippen LogP contribution in [0.4, 0.5) is 73.9 Å². The molecule has 1 atom stereocenters. The third-order valence-corrected chi connectivity index (χ3v) is 26.0. The summed E-state index contributed by atoms with van der Waals surface area (Å²) in [5.41, 5.74) is 68.0. The number of benzene rings is 16. The first kappa shape index (κ1) is 95.2. The lowest BCUT2D eigenvalue weighted by molar-refractivity contribution is 0.309. The molecule has 16 aromatic rings. The van der Waals surface area contributed by atoms with E-state index < -0.39 is 0 Å². The molecule has 0 saturated heterocycles. The molecule has 0 fully saturated rings.